The van der Waals surface area contributed by atoms with E-state index < -0.39 is 0 Å². The van der Waals surface area contributed by atoms with E-state index in [1.165, 1.54) is 6.07 Å². The molecule has 0 aliphatic heterocycles. The third-order valence-electron chi connectivity index (χ3n) is 2.11. The minimum Gasteiger partial charge on any atom is -0.306 e. The van der Waals surface area contributed by atoms with Gasteiger partial charge in [0.2, 0.25) is 0 Å². The van der Waals surface area contributed by atoms with Gasteiger partial charge >= 0.3 is 0 Å². The first-order valence-corrected chi connectivity index (χ1v) is 5.61. The van der Waals surface area contributed by atoms with Gasteiger partial charge in [-0.3, -0.25) is 0 Å². The van der Waals surface area contributed by atoms with Crippen LogP contribution in [0.1, 0.15) is 19.4 Å². The highest BCUT2D eigenvalue weighted by Gasteiger charge is 2.15. The van der Waals surface area contributed by atoms with E-state index in [9.17, 15) is 4.39 Å². The first-order chi connectivity index (χ1) is 6.94. The van der Waals surface area contributed by atoms with Crippen molar-refractivity contribution < 1.29 is 4.39 Å². The first kappa shape index (κ1) is 12.8. The molecule has 0 aliphatic rings. The molecule has 0 bridgehead atoms. The third-order valence-corrected chi connectivity index (χ3v) is 3.01. The zero-order valence-corrected chi connectivity index (χ0v) is 10.3. The second kappa shape index (κ2) is 5.15. The Morgan fingerprint density at radius 3 is 2.60 bits per heavy atom. The zero-order chi connectivity index (χ0) is 11.5. The Labute approximate surface area is 99.6 Å². The van der Waals surface area contributed by atoms with Crippen LogP contribution >= 0.6 is 23.2 Å². The fourth-order valence-corrected chi connectivity index (χ4v) is 1.30. The van der Waals surface area contributed by atoms with Gasteiger partial charge in [-0.1, -0.05) is 17.7 Å². The van der Waals surface area contributed by atoms with Crippen molar-refractivity contribution in [2.24, 2.45) is 0 Å². The van der Waals surface area contributed by atoms with Crippen LogP contribution in [0.25, 0.3) is 0 Å². The van der Waals surface area contributed by atoms with Gasteiger partial charge in [-0.2, -0.15) is 0 Å². The van der Waals surface area contributed by atoms with E-state index in [0.29, 0.717) is 23.0 Å². The number of alkyl halides is 1. The largest absolute Gasteiger partial charge is 0.306 e. The molecule has 1 rings (SSSR count). The van der Waals surface area contributed by atoms with Crippen LogP contribution in [0, 0.1) is 5.82 Å². The van der Waals surface area contributed by atoms with E-state index in [-0.39, 0.29) is 11.4 Å². The smallest absolute Gasteiger partial charge is 0.129 e. The molecule has 1 N–H and O–H groups in total. The summed E-state index contributed by atoms with van der Waals surface area (Å²) in [5, 5.41) is 3.58. The second-order valence-corrected chi connectivity index (χ2v) is 4.81. The van der Waals surface area contributed by atoms with Gasteiger partial charge in [0.25, 0.3) is 0 Å². The van der Waals surface area contributed by atoms with Crippen LogP contribution in [-0.2, 0) is 6.54 Å². The zero-order valence-electron chi connectivity index (χ0n) is 8.78. The van der Waals surface area contributed by atoms with Crippen LogP contribution in [0.4, 0.5) is 4.39 Å². The molecule has 0 aromatic heterocycles. The van der Waals surface area contributed by atoms with Crippen LogP contribution < -0.4 is 5.32 Å². The SMILES string of the molecule is CC(C)(CCl)NCc1ccc(Cl)cc1F. The second-order valence-electron chi connectivity index (χ2n) is 4.11. The van der Waals surface area contributed by atoms with Crippen molar-refractivity contribution in [1.29, 1.82) is 0 Å². The minimum atomic E-state index is -0.291. The first-order valence-electron chi connectivity index (χ1n) is 4.69. The van der Waals surface area contributed by atoms with Gasteiger partial charge in [0.05, 0.1) is 0 Å². The standard InChI is InChI=1S/C11H14Cl2FN/c1-11(2,7-12)15-6-8-3-4-9(13)5-10(8)14/h3-5,15H,6-7H2,1-2H3. The fraction of sp³-hybridized carbons (Fsp3) is 0.455. The summed E-state index contributed by atoms with van der Waals surface area (Å²) in [5.41, 5.74) is 0.394. The Hall–Kier alpha value is -0.310. The van der Waals surface area contributed by atoms with Gasteiger partial charge < -0.3 is 5.32 Å². The molecule has 1 nitrogen and oxygen atoms in total. The average Bonchev–Trinajstić information content (AvgIpc) is 2.16. The van der Waals surface area contributed by atoms with Crippen LogP contribution in [0.3, 0.4) is 0 Å². The molecule has 0 saturated carbocycles. The summed E-state index contributed by atoms with van der Waals surface area (Å²) < 4.78 is 13.4. The van der Waals surface area contributed by atoms with Gasteiger partial charge in [-0.05, 0) is 26.0 Å². The average molecular weight is 250 g/mol. The van der Waals surface area contributed by atoms with Crippen LogP contribution in [0.15, 0.2) is 18.2 Å². The molecule has 0 spiro atoms. The van der Waals surface area contributed by atoms with Crippen LogP contribution in [0.5, 0.6) is 0 Å². The Morgan fingerprint density at radius 2 is 2.07 bits per heavy atom. The molecule has 15 heavy (non-hydrogen) atoms. The van der Waals surface area contributed by atoms with Crippen molar-refractivity contribution >= 4 is 23.2 Å². The molecule has 0 saturated heterocycles. The normalized spacial score (nSPS) is 11.8. The highest BCUT2D eigenvalue weighted by atomic mass is 35.5. The van der Waals surface area contributed by atoms with Gasteiger partial charge in [0.1, 0.15) is 5.82 Å². The number of halogens is 3. The van der Waals surface area contributed by atoms with E-state index in [0.717, 1.165) is 0 Å². The van der Waals surface area contributed by atoms with Crippen molar-refractivity contribution in [3.8, 4) is 0 Å². The molecule has 0 amide bonds. The molecule has 1 aromatic rings. The molecule has 0 atom stereocenters. The maximum absolute atomic E-state index is 13.4. The molecule has 0 heterocycles. The van der Waals surface area contributed by atoms with Gasteiger partial charge in [-0.15, -0.1) is 11.6 Å². The number of rotatable bonds is 4. The lowest BCUT2D eigenvalue weighted by Gasteiger charge is -2.23. The molecule has 84 valence electrons. The van der Waals surface area contributed by atoms with E-state index in [1.807, 2.05) is 13.8 Å². The molecule has 0 unspecified atom stereocenters. The van der Waals surface area contributed by atoms with Crippen molar-refractivity contribution in [2.45, 2.75) is 25.9 Å². The number of hydrogen-bond acceptors (Lipinski definition) is 1. The van der Waals surface area contributed by atoms with Gasteiger partial charge in [0.15, 0.2) is 0 Å². The molecule has 1 aromatic carbocycles. The highest BCUT2D eigenvalue weighted by Crippen LogP contribution is 2.15. The molecule has 4 heteroatoms. The number of nitrogens with one attached hydrogen (secondary N) is 1. The summed E-state index contributed by atoms with van der Waals surface area (Å²) in [6.07, 6.45) is 0. The fourth-order valence-electron chi connectivity index (χ4n) is 1.05. The van der Waals surface area contributed by atoms with E-state index in [1.54, 1.807) is 12.1 Å². The van der Waals surface area contributed by atoms with Crippen molar-refractivity contribution in [3.05, 3.63) is 34.6 Å². The van der Waals surface area contributed by atoms with Gasteiger partial charge in [-0.25, -0.2) is 4.39 Å². The maximum atomic E-state index is 13.4. The minimum absolute atomic E-state index is 0.201. The monoisotopic (exact) mass is 249 g/mol. The third kappa shape index (κ3) is 3.98. The molecule has 0 radical (unpaired) electrons. The predicted molar refractivity (Wildman–Crippen MR) is 63.0 cm³/mol. The summed E-state index contributed by atoms with van der Waals surface area (Å²) in [6.45, 7) is 4.38. The Morgan fingerprint density at radius 1 is 1.40 bits per heavy atom. The maximum Gasteiger partial charge on any atom is 0.129 e. The molecule has 0 fully saturated rings. The van der Waals surface area contributed by atoms with Crippen molar-refractivity contribution in [3.63, 3.8) is 0 Å². The van der Waals surface area contributed by atoms with Crippen LogP contribution in [0.2, 0.25) is 5.02 Å². The van der Waals surface area contributed by atoms with Crippen molar-refractivity contribution in [2.75, 3.05) is 5.88 Å². The Balaban J connectivity index is 2.66. The molecule has 0 aliphatic carbocycles. The summed E-state index contributed by atoms with van der Waals surface area (Å²) in [5.74, 6) is 0.183. The molecular formula is C11H14Cl2FN. The molecular weight excluding hydrogens is 236 g/mol. The lowest BCUT2D eigenvalue weighted by atomic mass is 10.1. The lowest BCUT2D eigenvalue weighted by molar-refractivity contribution is 0.423. The number of hydrogen-bond donors (Lipinski definition) is 1. The summed E-state index contributed by atoms with van der Waals surface area (Å²) >= 11 is 11.4. The topological polar surface area (TPSA) is 12.0 Å². The number of benzene rings is 1. The van der Waals surface area contributed by atoms with Crippen LogP contribution in [-0.4, -0.2) is 11.4 Å². The quantitative estimate of drug-likeness (QED) is 0.805. The van der Waals surface area contributed by atoms with E-state index in [2.05, 4.69) is 5.32 Å². The van der Waals surface area contributed by atoms with Crippen molar-refractivity contribution in [1.82, 2.24) is 5.32 Å². The highest BCUT2D eigenvalue weighted by molar-refractivity contribution is 6.30. The summed E-state index contributed by atoms with van der Waals surface area (Å²) in [7, 11) is 0. The van der Waals surface area contributed by atoms with Gasteiger partial charge in [0, 0.05) is 28.5 Å². The summed E-state index contributed by atoms with van der Waals surface area (Å²) in [4.78, 5) is 0. The Bertz CT molecular complexity index is 339. The lowest BCUT2D eigenvalue weighted by Crippen LogP contribution is -2.40. The van der Waals surface area contributed by atoms with E-state index in [4.69, 9.17) is 23.2 Å². The predicted octanol–water partition coefficient (Wildman–Crippen LogP) is 3.59. The van der Waals surface area contributed by atoms with E-state index >= 15 is 0 Å². The Kier molecular flexibility index (Phi) is 4.38. The summed E-state index contributed by atoms with van der Waals surface area (Å²) in [6, 6.07) is 4.66.